The van der Waals surface area contributed by atoms with Crippen molar-refractivity contribution in [3.63, 3.8) is 0 Å². The molecule has 0 bridgehead atoms. The van der Waals surface area contributed by atoms with E-state index in [1.807, 2.05) is 29.8 Å². The molecule has 1 aliphatic rings. The minimum absolute atomic E-state index is 0.150. The minimum atomic E-state index is -0.150. The number of anilines is 1. The third-order valence-electron chi connectivity index (χ3n) is 4.70. The maximum atomic E-state index is 13.0. The SMILES string of the molecule is Cn1c(Sc2ccccc2C=O)nc2nc(N3CCNCC3)n(C)c2c1=O. The molecule has 2 aromatic heterocycles. The van der Waals surface area contributed by atoms with Crippen molar-refractivity contribution in [3.05, 3.63) is 40.2 Å². The summed E-state index contributed by atoms with van der Waals surface area (Å²) < 4.78 is 3.33. The van der Waals surface area contributed by atoms with Crippen molar-refractivity contribution in [2.75, 3.05) is 31.1 Å². The van der Waals surface area contributed by atoms with E-state index in [-0.39, 0.29) is 5.56 Å². The van der Waals surface area contributed by atoms with Gasteiger partial charge in [-0.2, -0.15) is 4.98 Å². The summed E-state index contributed by atoms with van der Waals surface area (Å²) >= 11 is 1.29. The Morgan fingerprint density at radius 1 is 1.11 bits per heavy atom. The smallest absolute Gasteiger partial charge is 0.280 e. The van der Waals surface area contributed by atoms with Gasteiger partial charge in [0.1, 0.15) is 0 Å². The fraction of sp³-hybridized carbons (Fsp3) is 0.333. The molecule has 1 aromatic carbocycles. The van der Waals surface area contributed by atoms with Crippen LogP contribution in [0.25, 0.3) is 11.2 Å². The lowest BCUT2D eigenvalue weighted by molar-refractivity contribution is 0.112. The summed E-state index contributed by atoms with van der Waals surface area (Å²) in [5, 5.41) is 3.82. The second kappa shape index (κ2) is 7.16. The van der Waals surface area contributed by atoms with Crippen LogP contribution in [0, 0.1) is 0 Å². The number of aromatic nitrogens is 4. The van der Waals surface area contributed by atoms with Gasteiger partial charge in [-0.3, -0.25) is 14.2 Å². The Morgan fingerprint density at radius 2 is 1.85 bits per heavy atom. The highest BCUT2D eigenvalue weighted by molar-refractivity contribution is 7.99. The average molecular weight is 384 g/mol. The molecule has 0 atom stereocenters. The summed E-state index contributed by atoms with van der Waals surface area (Å²) in [4.78, 5) is 36.4. The number of aryl methyl sites for hydroxylation is 1. The summed E-state index contributed by atoms with van der Waals surface area (Å²) in [5.74, 6) is 0.756. The fourth-order valence-corrected chi connectivity index (χ4v) is 4.14. The van der Waals surface area contributed by atoms with Gasteiger partial charge in [0.25, 0.3) is 5.56 Å². The fourth-order valence-electron chi connectivity index (χ4n) is 3.21. The Hall–Kier alpha value is -2.65. The Labute approximate surface area is 160 Å². The van der Waals surface area contributed by atoms with E-state index >= 15 is 0 Å². The molecule has 140 valence electrons. The molecule has 1 N–H and O–H groups in total. The van der Waals surface area contributed by atoms with Crippen LogP contribution in [0.4, 0.5) is 5.95 Å². The number of aldehydes is 1. The summed E-state index contributed by atoms with van der Waals surface area (Å²) in [6.45, 7) is 3.45. The van der Waals surface area contributed by atoms with Crippen molar-refractivity contribution >= 4 is 35.2 Å². The van der Waals surface area contributed by atoms with Crippen LogP contribution in [0.1, 0.15) is 10.4 Å². The van der Waals surface area contributed by atoms with Crippen LogP contribution in [0.15, 0.2) is 39.1 Å². The second-order valence-corrected chi connectivity index (χ2v) is 7.41. The Balaban J connectivity index is 1.80. The first-order valence-electron chi connectivity index (χ1n) is 8.71. The molecule has 0 amide bonds. The molecule has 1 aliphatic heterocycles. The maximum Gasteiger partial charge on any atom is 0.280 e. The first-order valence-corrected chi connectivity index (χ1v) is 9.53. The van der Waals surface area contributed by atoms with E-state index in [4.69, 9.17) is 0 Å². The van der Waals surface area contributed by atoms with E-state index in [2.05, 4.69) is 20.2 Å². The number of piperazine rings is 1. The van der Waals surface area contributed by atoms with E-state index in [1.54, 1.807) is 13.1 Å². The molecular weight excluding hydrogens is 364 g/mol. The van der Waals surface area contributed by atoms with Crippen LogP contribution in [0.2, 0.25) is 0 Å². The lowest BCUT2D eigenvalue weighted by Crippen LogP contribution is -2.44. The zero-order valence-corrected chi connectivity index (χ0v) is 16.0. The monoisotopic (exact) mass is 384 g/mol. The van der Waals surface area contributed by atoms with E-state index in [0.717, 1.165) is 43.3 Å². The van der Waals surface area contributed by atoms with Crippen LogP contribution in [0.3, 0.4) is 0 Å². The van der Waals surface area contributed by atoms with Gasteiger partial charge in [-0.05, 0) is 6.07 Å². The van der Waals surface area contributed by atoms with Crippen LogP contribution < -0.4 is 15.8 Å². The highest BCUT2D eigenvalue weighted by Crippen LogP contribution is 2.29. The number of carbonyl (C=O) groups excluding carboxylic acids is 1. The predicted molar refractivity (Wildman–Crippen MR) is 105 cm³/mol. The third-order valence-corrected chi connectivity index (χ3v) is 5.84. The molecule has 3 heterocycles. The molecule has 1 saturated heterocycles. The Kier molecular flexibility index (Phi) is 4.71. The van der Waals surface area contributed by atoms with Crippen molar-refractivity contribution in [2.24, 2.45) is 14.1 Å². The molecular formula is C18H20N6O2S. The second-order valence-electron chi connectivity index (χ2n) is 6.40. The van der Waals surface area contributed by atoms with Gasteiger partial charge in [-0.1, -0.05) is 30.0 Å². The largest absolute Gasteiger partial charge is 0.340 e. The number of hydrogen-bond acceptors (Lipinski definition) is 7. The summed E-state index contributed by atoms with van der Waals surface area (Å²) in [6.07, 6.45) is 0.808. The van der Waals surface area contributed by atoms with Gasteiger partial charge in [0, 0.05) is 50.7 Å². The number of carbonyl (C=O) groups is 1. The number of nitrogens with one attached hydrogen (secondary N) is 1. The van der Waals surface area contributed by atoms with Crippen LogP contribution in [-0.2, 0) is 14.1 Å². The number of fused-ring (bicyclic) bond motifs is 1. The average Bonchev–Trinajstić information content (AvgIpc) is 3.03. The normalized spacial score (nSPS) is 14.7. The highest BCUT2D eigenvalue weighted by atomic mass is 32.2. The van der Waals surface area contributed by atoms with E-state index < -0.39 is 0 Å². The van der Waals surface area contributed by atoms with Gasteiger partial charge < -0.3 is 14.8 Å². The molecule has 0 radical (unpaired) electrons. The van der Waals surface area contributed by atoms with Gasteiger partial charge in [0.05, 0.1) is 0 Å². The van der Waals surface area contributed by atoms with Gasteiger partial charge in [-0.25, -0.2) is 4.98 Å². The molecule has 0 spiro atoms. The molecule has 0 unspecified atom stereocenters. The molecule has 4 rings (SSSR count). The highest BCUT2D eigenvalue weighted by Gasteiger charge is 2.21. The lowest BCUT2D eigenvalue weighted by Gasteiger charge is -2.28. The summed E-state index contributed by atoms with van der Waals surface area (Å²) in [5.41, 5.74) is 1.33. The zero-order valence-electron chi connectivity index (χ0n) is 15.2. The van der Waals surface area contributed by atoms with Crippen molar-refractivity contribution in [1.82, 2.24) is 24.4 Å². The van der Waals surface area contributed by atoms with Crippen LogP contribution >= 0.6 is 11.8 Å². The number of imidazole rings is 1. The van der Waals surface area contributed by atoms with Gasteiger partial charge in [0.2, 0.25) is 5.95 Å². The number of rotatable bonds is 4. The molecule has 3 aromatic rings. The number of benzene rings is 1. The molecule has 9 heteroatoms. The van der Waals surface area contributed by atoms with Crippen molar-refractivity contribution in [2.45, 2.75) is 10.1 Å². The summed E-state index contributed by atoms with van der Waals surface area (Å²) in [7, 11) is 3.54. The van der Waals surface area contributed by atoms with Crippen molar-refractivity contribution in [1.29, 1.82) is 0 Å². The van der Waals surface area contributed by atoms with E-state index in [1.165, 1.54) is 16.3 Å². The Bertz CT molecular complexity index is 1070. The molecule has 27 heavy (non-hydrogen) atoms. The van der Waals surface area contributed by atoms with Gasteiger partial charge in [-0.15, -0.1) is 0 Å². The van der Waals surface area contributed by atoms with E-state index in [9.17, 15) is 9.59 Å². The predicted octanol–water partition coefficient (Wildman–Crippen LogP) is 1.04. The van der Waals surface area contributed by atoms with Crippen LogP contribution in [0.5, 0.6) is 0 Å². The quantitative estimate of drug-likeness (QED) is 0.531. The standard InChI is InChI=1S/C18H20N6O2S/c1-22-14-15(20-17(22)24-9-7-19-8-10-24)21-18(23(2)16(14)26)27-13-6-4-3-5-12(13)11-25/h3-6,11,19H,7-10H2,1-2H3. The van der Waals surface area contributed by atoms with Crippen LogP contribution in [-0.4, -0.2) is 51.6 Å². The van der Waals surface area contributed by atoms with E-state index in [0.29, 0.717) is 21.9 Å². The molecule has 1 fully saturated rings. The Morgan fingerprint density at radius 3 is 2.59 bits per heavy atom. The first kappa shape index (κ1) is 17.7. The van der Waals surface area contributed by atoms with Crippen molar-refractivity contribution < 1.29 is 4.79 Å². The number of hydrogen-bond donors (Lipinski definition) is 1. The molecule has 0 saturated carbocycles. The minimum Gasteiger partial charge on any atom is -0.340 e. The zero-order chi connectivity index (χ0) is 19.0. The summed E-state index contributed by atoms with van der Waals surface area (Å²) in [6, 6.07) is 7.25. The lowest BCUT2D eigenvalue weighted by atomic mass is 10.2. The number of nitrogens with zero attached hydrogens (tertiary/aromatic N) is 5. The maximum absolute atomic E-state index is 13.0. The topological polar surface area (TPSA) is 85.1 Å². The molecule has 8 nitrogen and oxygen atoms in total. The van der Waals surface area contributed by atoms with Crippen molar-refractivity contribution in [3.8, 4) is 0 Å². The molecule has 0 aliphatic carbocycles. The first-order chi connectivity index (χ1) is 13.1. The van der Waals surface area contributed by atoms with Gasteiger partial charge >= 0.3 is 0 Å². The third kappa shape index (κ3) is 3.13. The van der Waals surface area contributed by atoms with Gasteiger partial charge in [0.15, 0.2) is 22.6 Å².